The van der Waals surface area contributed by atoms with Gasteiger partial charge in [-0.25, -0.2) is 9.78 Å². The van der Waals surface area contributed by atoms with Crippen molar-refractivity contribution in [2.75, 3.05) is 13.2 Å². The second-order valence-corrected chi connectivity index (χ2v) is 8.52. The Morgan fingerprint density at radius 3 is 1.05 bits per heavy atom. The highest BCUT2D eigenvalue weighted by Gasteiger charge is 2.58. The molecule has 0 aromatic heterocycles. The summed E-state index contributed by atoms with van der Waals surface area (Å²) in [5.41, 5.74) is -1.07. The zero-order valence-electron chi connectivity index (χ0n) is 14.2. The van der Waals surface area contributed by atoms with E-state index in [9.17, 15) is 0 Å². The van der Waals surface area contributed by atoms with Crippen molar-refractivity contribution in [3.63, 3.8) is 0 Å². The van der Waals surface area contributed by atoms with Crippen molar-refractivity contribution >= 4 is 0 Å². The maximum Gasteiger partial charge on any atom is 0.134 e. The molecular weight excluding hydrogens is 256 g/mol. The molecule has 4 unspecified atom stereocenters. The van der Waals surface area contributed by atoms with Gasteiger partial charge < -0.3 is 9.47 Å². The van der Waals surface area contributed by atoms with Crippen molar-refractivity contribution in [1.29, 1.82) is 0 Å². The van der Waals surface area contributed by atoms with E-state index >= 15 is 0 Å². The summed E-state index contributed by atoms with van der Waals surface area (Å²) in [5.74, 6) is 0. The molecule has 2 heterocycles. The fourth-order valence-corrected chi connectivity index (χ4v) is 2.23. The minimum absolute atomic E-state index is 0.0721. The normalized spacial score (nSPS) is 32.4. The number of rotatable bonds is 5. The third kappa shape index (κ3) is 2.76. The van der Waals surface area contributed by atoms with Crippen LogP contribution in [0, 0.1) is 10.8 Å². The van der Waals surface area contributed by atoms with Crippen LogP contribution < -0.4 is 0 Å². The van der Waals surface area contributed by atoms with Gasteiger partial charge in [-0.3, -0.25) is 0 Å². The predicted octanol–water partition coefficient (Wildman–Crippen LogP) is 3.34. The van der Waals surface area contributed by atoms with Gasteiger partial charge in [0.15, 0.2) is 0 Å². The summed E-state index contributed by atoms with van der Waals surface area (Å²) in [7, 11) is 0. The van der Waals surface area contributed by atoms with Crippen LogP contribution in [0.4, 0.5) is 0 Å². The molecule has 0 aromatic rings. The fourth-order valence-electron chi connectivity index (χ4n) is 2.23. The molecule has 0 amide bonds. The third-order valence-corrected chi connectivity index (χ3v) is 5.26. The van der Waals surface area contributed by atoms with Crippen LogP contribution in [0.2, 0.25) is 0 Å². The van der Waals surface area contributed by atoms with Crippen LogP contribution in [0.25, 0.3) is 0 Å². The summed E-state index contributed by atoms with van der Waals surface area (Å²) in [5, 5.41) is 0. The molecule has 118 valence electrons. The lowest BCUT2D eigenvalue weighted by Crippen LogP contribution is -2.54. The number of ether oxygens (including phenoxy) is 2. The van der Waals surface area contributed by atoms with Gasteiger partial charge in [-0.15, -0.1) is 0 Å². The Bertz CT molecular complexity index is 324. The summed E-state index contributed by atoms with van der Waals surface area (Å²) < 4.78 is 11.0. The summed E-state index contributed by atoms with van der Waals surface area (Å²) >= 11 is 0. The van der Waals surface area contributed by atoms with E-state index in [0.29, 0.717) is 0 Å². The van der Waals surface area contributed by atoms with Gasteiger partial charge in [0.1, 0.15) is 23.4 Å². The Balaban J connectivity index is 2.12. The van der Waals surface area contributed by atoms with E-state index in [1.54, 1.807) is 0 Å². The Labute approximate surface area is 123 Å². The SMILES string of the molecule is CC(C)(C)C(C)(OOC(C)(C1CO1)C(C)(C)C)C1CO1. The summed E-state index contributed by atoms with van der Waals surface area (Å²) in [6.07, 6.45) is 0.207. The van der Waals surface area contributed by atoms with Crippen LogP contribution in [-0.4, -0.2) is 36.6 Å². The topological polar surface area (TPSA) is 43.5 Å². The van der Waals surface area contributed by atoms with Gasteiger partial charge in [0.2, 0.25) is 0 Å². The molecule has 0 radical (unpaired) electrons. The van der Waals surface area contributed by atoms with Gasteiger partial charge in [-0.2, -0.15) is 0 Å². The van der Waals surface area contributed by atoms with Gasteiger partial charge in [0.05, 0.1) is 13.2 Å². The molecule has 0 spiro atoms. The molecule has 0 saturated carbocycles. The Hall–Kier alpha value is -0.160. The molecule has 2 aliphatic rings. The molecule has 4 nitrogen and oxygen atoms in total. The monoisotopic (exact) mass is 286 g/mol. The highest BCUT2D eigenvalue weighted by atomic mass is 17.2. The molecule has 2 saturated heterocycles. The molecule has 0 aliphatic carbocycles. The summed E-state index contributed by atoms with van der Waals surface area (Å²) in [6.45, 7) is 18.5. The Morgan fingerprint density at radius 1 is 0.650 bits per heavy atom. The van der Waals surface area contributed by atoms with Crippen molar-refractivity contribution in [3.8, 4) is 0 Å². The fraction of sp³-hybridized carbons (Fsp3) is 1.00. The Kier molecular flexibility index (Phi) is 3.78. The van der Waals surface area contributed by atoms with Crippen LogP contribution >= 0.6 is 0 Å². The van der Waals surface area contributed by atoms with Crippen molar-refractivity contribution in [2.45, 2.75) is 78.8 Å². The lowest BCUT2D eigenvalue weighted by atomic mass is 9.75. The highest BCUT2D eigenvalue weighted by Crippen LogP contribution is 2.47. The highest BCUT2D eigenvalue weighted by molar-refractivity contribution is 5.02. The smallest absolute Gasteiger partial charge is 0.134 e. The Morgan fingerprint density at radius 2 is 0.900 bits per heavy atom. The minimum Gasteiger partial charge on any atom is -0.370 e. The second-order valence-electron chi connectivity index (χ2n) is 8.52. The third-order valence-electron chi connectivity index (χ3n) is 5.26. The molecular formula is C16H30O4. The van der Waals surface area contributed by atoms with Gasteiger partial charge in [-0.1, -0.05) is 41.5 Å². The largest absolute Gasteiger partial charge is 0.370 e. The van der Waals surface area contributed by atoms with Crippen LogP contribution in [-0.2, 0) is 19.2 Å². The van der Waals surface area contributed by atoms with Crippen molar-refractivity contribution in [2.24, 2.45) is 10.8 Å². The van der Waals surface area contributed by atoms with E-state index in [-0.39, 0.29) is 23.0 Å². The average Bonchev–Trinajstić information content (AvgIpc) is 3.15. The average molecular weight is 286 g/mol. The van der Waals surface area contributed by atoms with Gasteiger partial charge in [0, 0.05) is 0 Å². The zero-order valence-corrected chi connectivity index (χ0v) is 14.2. The molecule has 20 heavy (non-hydrogen) atoms. The molecule has 2 aliphatic heterocycles. The molecule has 0 bridgehead atoms. The van der Waals surface area contributed by atoms with E-state index in [2.05, 4.69) is 55.4 Å². The van der Waals surface area contributed by atoms with Crippen LogP contribution in [0.1, 0.15) is 55.4 Å². The zero-order chi connectivity index (χ0) is 15.4. The standard InChI is InChI=1S/C16H30O4/c1-13(2,3)15(7,11-9-17-11)19-20-16(8,12-10-18-12)14(4,5)6/h11-12H,9-10H2,1-8H3. The van der Waals surface area contributed by atoms with Crippen molar-refractivity contribution < 1.29 is 19.2 Å². The van der Waals surface area contributed by atoms with Crippen LogP contribution in [0.3, 0.4) is 0 Å². The van der Waals surface area contributed by atoms with Crippen LogP contribution in [0.5, 0.6) is 0 Å². The van der Waals surface area contributed by atoms with Gasteiger partial charge in [0.25, 0.3) is 0 Å². The first-order valence-corrected chi connectivity index (χ1v) is 7.52. The van der Waals surface area contributed by atoms with Crippen molar-refractivity contribution in [1.82, 2.24) is 0 Å². The first-order valence-electron chi connectivity index (χ1n) is 7.52. The molecule has 2 rings (SSSR count). The molecule has 4 atom stereocenters. The van der Waals surface area contributed by atoms with E-state index < -0.39 is 11.2 Å². The van der Waals surface area contributed by atoms with E-state index in [4.69, 9.17) is 19.2 Å². The predicted molar refractivity (Wildman–Crippen MR) is 77.4 cm³/mol. The lowest BCUT2D eigenvalue weighted by molar-refractivity contribution is -0.442. The summed E-state index contributed by atoms with van der Waals surface area (Å²) in [6, 6.07) is 0. The van der Waals surface area contributed by atoms with Gasteiger partial charge in [-0.05, 0) is 24.7 Å². The maximum atomic E-state index is 6.01. The van der Waals surface area contributed by atoms with E-state index in [1.165, 1.54) is 0 Å². The minimum atomic E-state index is -0.464. The number of hydrogen-bond donors (Lipinski definition) is 0. The molecule has 4 heteroatoms. The molecule has 0 aromatic carbocycles. The van der Waals surface area contributed by atoms with Crippen LogP contribution in [0.15, 0.2) is 0 Å². The van der Waals surface area contributed by atoms with Crippen molar-refractivity contribution in [3.05, 3.63) is 0 Å². The molecule has 2 fully saturated rings. The van der Waals surface area contributed by atoms with E-state index in [0.717, 1.165) is 13.2 Å². The first kappa shape index (κ1) is 16.2. The second kappa shape index (κ2) is 4.67. The maximum absolute atomic E-state index is 6.01. The first-order chi connectivity index (χ1) is 8.92. The van der Waals surface area contributed by atoms with Gasteiger partial charge >= 0.3 is 0 Å². The number of hydrogen-bond acceptors (Lipinski definition) is 4. The number of epoxide rings is 2. The summed E-state index contributed by atoms with van der Waals surface area (Å²) in [4.78, 5) is 12.0. The quantitative estimate of drug-likeness (QED) is 0.442. The lowest BCUT2D eigenvalue weighted by Gasteiger charge is -2.45. The van der Waals surface area contributed by atoms with E-state index in [1.807, 2.05) is 0 Å². The molecule has 0 N–H and O–H groups in total.